The lowest BCUT2D eigenvalue weighted by Crippen LogP contribution is -2.31. The highest BCUT2D eigenvalue weighted by atomic mass is 16.5. The molecule has 188 valence electrons. The van der Waals surface area contributed by atoms with E-state index in [0.717, 1.165) is 10.9 Å². The molecule has 5 rings (SSSR count). The normalized spacial score (nSPS) is 16.0. The summed E-state index contributed by atoms with van der Waals surface area (Å²) in [5, 5.41) is 21.6. The summed E-state index contributed by atoms with van der Waals surface area (Å²) in [5.41, 5.74) is 1.26. The van der Waals surface area contributed by atoms with Crippen LogP contribution in [0.25, 0.3) is 11.0 Å². The number of benzene rings is 3. The second-order valence-corrected chi connectivity index (χ2v) is 9.99. The van der Waals surface area contributed by atoms with E-state index in [0.29, 0.717) is 16.9 Å². The third kappa shape index (κ3) is 4.68. The molecule has 7 nitrogen and oxygen atoms in total. The zero-order valence-electron chi connectivity index (χ0n) is 20.8. The van der Waals surface area contributed by atoms with Crippen molar-refractivity contribution in [1.29, 1.82) is 0 Å². The zero-order chi connectivity index (χ0) is 26.3. The van der Waals surface area contributed by atoms with Gasteiger partial charge in [-0.15, -0.1) is 0 Å². The predicted octanol–water partition coefficient (Wildman–Crippen LogP) is 6.09. The van der Waals surface area contributed by atoms with Crippen LogP contribution in [0.5, 0.6) is 11.5 Å². The number of phenolic OH excluding ortho intramolecular Hbond substituents is 1. The van der Waals surface area contributed by atoms with Gasteiger partial charge in [0.15, 0.2) is 11.5 Å². The Bertz CT molecular complexity index is 1490. The summed E-state index contributed by atoms with van der Waals surface area (Å²) in [7, 11) is 0. The van der Waals surface area contributed by atoms with Gasteiger partial charge in [-0.2, -0.15) is 0 Å². The number of fused-ring (bicyclic) bond motifs is 1. The number of ether oxygens (including phenoxy) is 1. The number of rotatable bonds is 6. The predicted molar refractivity (Wildman–Crippen MR) is 138 cm³/mol. The molecular formula is C30H27NO6. The Morgan fingerprint density at radius 3 is 2.35 bits per heavy atom. The number of carbonyl (C=O) groups is 2. The molecule has 1 aliphatic heterocycles. The minimum absolute atomic E-state index is 0.0256. The third-order valence-corrected chi connectivity index (χ3v) is 6.14. The topological polar surface area (TPSA) is 100 Å². The van der Waals surface area contributed by atoms with Crippen molar-refractivity contribution in [2.24, 2.45) is 0 Å². The molecule has 0 bridgehead atoms. The van der Waals surface area contributed by atoms with Gasteiger partial charge in [0, 0.05) is 10.9 Å². The first-order valence-electron chi connectivity index (χ1n) is 12.0. The van der Waals surface area contributed by atoms with E-state index >= 15 is 0 Å². The standard InChI is InChI=1S/C30H27NO6/c1-30(2,3)37-23-11-7-5-9-20(23)17-31-26(18-12-14-21(32)15-13-18)25(28(34)29(31)35)27(33)24-16-19-8-4-6-10-22(19)36-24/h4-16,26,32,34H,17H2,1-3H3. The summed E-state index contributed by atoms with van der Waals surface area (Å²) in [5.74, 6) is -1.22. The maximum absolute atomic E-state index is 13.7. The van der Waals surface area contributed by atoms with Crippen molar-refractivity contribution in [3.05, 3.63) is 107 Å². The summed E-state index contributed by atoms with van der Waals surface area (Å²) in [6, 6.07) is 21.5. The fraction of sp³-hybridized carbons (Fsp3) is 0.200. The van der Waals surface area contributed by atoms with E-state index in [1.165, 1.54) is 17.0 Å². The average molecular weight is 498 g/mol. The van der Waals surface area contributed by atoms with Crippen LogP contribution < -0.4 is 4.74 Å². The quantitative estimate of drug-likeness (QED) is 0.313. The number of carbonyl (C=O) groups excluding carboxylic acids is 2. The number of hydrogen-bond donors (Lipinski definition) is 2. The summed E-state index contributed by atoms with van der Waals surface area (Å²) < 4.78 is 11.9. The van der Waals surface area contributed by atoms with Crippen LogP contribution in [0.4, 0.5) is 0 Å². The van der Waals surface area contributed by atoms with Crippen molar-refractivity contribution < 1.29 is 29.0 Å². The molecule has 2 N–H and O–H groups in total. The molecule has 2 heterocycles. The van der Waals surface area contributed by atoms with E-state index in [4.69, 9.17) is 9.15 Å². The molecule has 1 unspecified atom stereocenters. The molecule has 0 spiro atoms. The molecule has 1 aliphatic rings. The number of Topliss-reactive ketones (excluding diaryl/α,β-unsaturated/α-hetero) is 1. The monoisotopic (exact) mass is 497 g/mol. The van der Waals surface area contributed by atoms with Gasteiger partial charge in [0.05, 0.1) is 18.2 Å². The molecule has 7 heteroatoms. The number of nitrogens with zero attached hydrogens (tertiary/aromatic N) is 1. The third-order valence-electron chi connectivity index (χ3n) is 6.14. The number of para-hydroxylation sites is 2. The van der Waals surface area contributed by atoms with Crippen molar-refractivity contribution in [2.45, 2.75) is 39.0 Å². The van der Waals surface area contributed by atoms with Gasteiger partial charge in [-0.05, 0) is 56.7 Å². The number of amides is 1. The van der Waals surface area contributed by atoms with E-state index in [-0.39, 0.29) is 23.6 Å². The minimum atomic E-state index is -0.906. The fourth-order valence-corrected chi connectivity index (χ4v) is 4.53. The molecule has 1 aromatic heterocycles. The number of ketones is 1. The lowest BCUT2D eigenvalue weighted by molar-refractivity contribution is -0.130. The van der Waals surface area contributed by atoms with E-state index < -0.39 is 29.1 Å². The van der Waals surface area contributed by atoms with Crippen molar-refractivity contribution >= 4 is 22.7 Å². The van der Waals surface area contributed by atoms with Crippen LogP contribution >= 0.6 is 0 Å². The highest BCUT2D eigenvalue weighted by Gasteiger charge is 2.44. The SMILES string of the molecule is CC(C)(C)Oc1ccccc1CN1C(=O)C(O)=C(C(=O)c2cc3ccccc3o2)C1c1ccc(O)cc1. The molecule has 1 atom stereocenters. The number of furan rings is 1. The highest BCUT2D eigenvalue weighted by Crippen LogP contribution is 2.41. The van der Waals surface area contributed by atoms with Gasteiger partial charge in [0.25, 0.3) is 5.91 Å². The average Bonchev–Trinajstić information content (AvgIpc) is 3.39. The van der Waals surface area contributed by atoms with E-state index in [2.05, 4.69) is 0 Å². The van der Waals surface area contributed by atoms with Crippen molar-refractivity contribution in [3.63, 3.8) is 0 Å². The number of aliphatic hydroxyl groups excluding tert-OH is 1. The van der Waals surface area contributed by atoms with Gasteiger partial charge < -0.3 is 24.3 Å². The molecule has 0 aliphatic carbocycles. The Balaban J connectivity index is 1.58. The lowest BCUT2D eigenvalue weighted by Gasteiger charge is -2.29. The number of aliphatic hydroxyl groups is 1. The molecule has 4 aromatic rings. The van der Waals surface area contributed by atoms with Gasteiger partial charge in [0.1, 0.15) is 22.7 Å². The molecule has 0 saturated heterocycles. The molecular weight excluding hydrogens is 470 g/mol. The molecule has 1 amide bonds. The maximum Gasteiger partial charge on any atom is 0.290 e. The fourth-order valence-electron chi connectivity index (χ4n) is 4.53. The van der Waals surface area contributed by atoms with Crippen molar-refractivity contribution in [2.75, 3.05) is 0 Å². The number of aromatic hydroxyl groups is 1. The van der Waals surface area contributed by atoms with Crippen LogP contribution in [-0.4, -0.2) is 32.4 Å². The highest BCUT2D eigenvalue weighted by molar-refractivity contribution is 6.16. The summed E-state index contributed by atoms with van der Waals surface area (Å²) >= 11 is 0. The van der Waals surface area contributed by atoms with E-state index in [1.54, 1.807) is 30.3 Å². The Morgan fingerprint density at radius 2 is 1.65 bits per heavy atom. The van der Waals surface area contributed by atoms with Gasteiger partial charge >= 0.3 is 0 Å². The molecule has 0 radical (unpaired) electrons. The van der Waals surface area contributed by atoms with Gasteiger partial charge in [-0.1, -0.05) is 48.5 Å². The van der Waals surface area contributed by atoms with E-state index in [9.17, 15) is 19.8 Å². The maximum atomic E-state index is 13.7. The van der Waals surface area contributed by atoms with Crippen molar-refractivity contribution in [3.8, 4) is 11.5 Å². The lowest BCUT2D eigenvalue weighted by atomic mass is 9.94. The zero-order valence-corrected chi connectivity index (χ0v) is 20.8. The molecule has 37 heavy (non-hydrogen) atoms. The van der Waals surface area contributed by atoms with Gasteiger partial charge in [-0.3, -0.25) is 9.59 Å². The minimum Gasteiger partial charge on any atom is -0.508 e. The largest absolute Gasteiger partial charge is 0.508 e. The first kappa shape index (κ1) is 24.2. The van der Waals surface area contributed by atoms with Crippen LogP contribution in [0.2, 0.25) is 0 Å². The Kier molecular flexibility index (Phi) is 5.99. The van der Waals surface area contributed by atoms with Gasteiger partial charge in [-0.25, -0.2) is 0 Å². The second kappa shape index (κ2) is 9.17. The van der Waals surface area contributed by atoms with Crippen LogP contribution in [0.15, 0.2) is 94.6 Å². The smallest absolute Gasteiger partial charge is 0.290 e. The van der Waals surface area contributed by atoms with Crippen LogP contribution in [0, 0.1) is 0 Å². The second-order valence-electron chi connectivity index (χ2n) is 9.99. The first-order valence-corrected chi connectivity index (χ1v) is 12.0. The number of hydrogen-bond acceptors (Lipinski definition) is 6. The van der Waals surface area contributed by atoms with Crippen LogP contribution in [0.1, 0.15) is 48.5 Å². The first-order chi connectivity index (χ1) is 17.6. The summed E-state index contributed by atoms with van der Waals surface area (Å²) in [6.07, 6.45) is 0. The Hall–Kier alpha value is -4.52. The van der Waals surface area contributed by atoms with E-state index in [1.807, 2.05) is 57.2 Å². The van der Waals surface area contributed by atoms with Crippen LogP contribution in [-0.2, 0) is 11.3 Å². The Labute approximate surface area is 214 Å². The Morgan fingerprint density at radius 1 is 0.973 bits per heavy atom. The van der Waals surface area contributed by atoms with Crippen LogP contribution in [0.3, 0.4) is 0 Å². The number of phenols is 1. The summed E-state index contributed by atoms with van der Waals surface area (Å²) in [6.45, 7) is 5.88. The van der Waals surface area contributed by atoms with Crippen molar-refractivity contribution in [1.82, 2.24) is 4.90 Å². The molecule has 3 aromatic carbocycles. The van der Waals surface area contributed by atoms with Gasteiger partial charge in [0.2, 0.25) is 5.78 Å². The molecule has 0 saturated carbocycles. The molecule has 0 fully saturated rings. The summed E-state index contributed by atoms with van der Waals surface area (Å²) in [4.78, 5) is 28.6.